The Hall–Kier alpha value is -2.01. The summed E-state index contributed by atoms with van der Waals surface area (Å²) in [4.78, 5) is 43.1. The number of phosphoric acid groups is 2. The van der Waals surface area contributed by atoms with Crippen LogP contribution in [0.3, 0.4) is 0 Å². The van der Waals surface area contributed by atoms with Crippen LogP contribution in [0, 0.1) is 0 Å². The van der Waals surface area contributed by atoms with Crippen molar-refractivity contribution in [2.24, 2.45) is 0 Å². The van der Waals surface area contributed by atoms with Crippen LogP contribution < -0.4 is 10.3 Å². The van der Waals surface area contributed by atoms with Gasteiger partial charge in [0.2, 0.25) is 0 Å². The average Bonchev–Trinajstić information content (AvgIpc) is 3.61. The molecule has 2 aliphatic heterocycles. The van der Waals surface area contributed by atoms with Gasteiger partial charge in [-0.1, -0.05) is 0 Å². The molecular formula is C21H27N6NaO15P2+. The number of aromatic carboxylic acids is 1. The molecular weight excluding hydrogens is 661 g/mol. The molecule has 0 amide bonds. The molecule has 24 heteroatoms. The van der Waals surface area contributed by atoms with Crippen LogP contribution in [0.5, 0.6) is 0 Å². The van der Waals surface area contributed by atoms with Gasteiger partial charge in [-0.3, -0.25) is 13.6 Å². The number of ether oxygens (including phenoxy) is 2. The Kier molecular flexibility index (Phi) is 11.1. The van der Waals surface area contributed by atoms with Crippen LogP contribution in [-0.2, 0) is 32.0 Å². The number of phosphoric ester groups is 2. The second-order valence-electron chi connectivity index (χ2n) is 9.63. The van der Waals surface area contributed by atoms with Gasteiger partial charge in [0.1, 0.15) is 47.9 Å². The third-order valence-corrected chi connectivity index (χ3v) is 9.31. The van der Waals surface area contributed by atoms with Gasteiger partial charge < -0.3 is 50.5 Å². The molecule has 2 fully saturated rings. The summed E-state index contributed by atoms with van der Waals surface area (Å²) in [6.07, 6.45) is -7.22. The number of hydrogen-bond donors (Lipinski definition) is 8. The van der Waals surface area contributed by atoms with E-state index in [0.717, 1.165) is 17.1 Å². The fourth-order valence-corrected chi connectivity index (χ4v) is 6.65. The van der Waals surface area contributed by atoms with E-state index in [1.54, 1.807) is 0 Å². The zero-order chi connectivity index (χ0) is 32.0. The van der Waals surface area contributed by atoms with Gasteiger partial charge in [0.25, 0.3) is 6.23 Å². The van der Waals surface area contributed by atoms with Crippen molar-refractivity contribution in [3.05, 3.63) is 42.7 Å². The first-order chi connectivity index (χ1) is 20.7. The van der Waals surface area contributed by atoms with Gasteiger partial charge in [-0.15, -0.1) is 0 Å². The molecule has 3 aromatic rings. The van der Waals surface area contributed by atoms with Crippen LogP contribution in [0.1, 0.15) is 22.8 Å². The SMILES string of the molecule is Nc1ncnc2c1ncn2C1OC(COP(=O)(O)OP(=O)(O)OCC2OC([n+]3cccc(C(=O)O)c3)C(O)C2O)C(O)C1O.[Na]. The summed E-state index contributed by atoms with van der Waals surface area (Å²) in [5.74, 6) is -1.22. The summed E-state index contributed by atoms with van der Waals surface area (Å²) in [5, 5.41) is 50.7. The molecule has 0 saturated carbocycles. The van der Waals surface area contributed by atoms with Crippen LogP contribution in [0.4, 0.5) is 5.82 Å². The smallest absolute Gasteiger partial charge is 0.477 e. The van der Waals surface area contributed by atoms with E-state index in [0.29, 0.717) is 0 Å². The standard InChI is InChI=1S/C21H26N6O15P2.Na/c22-17-12-18(24-7-23-17)27(8-25-12)20-16(31)14(29)11(41-20)6-39-44(36,37)42-43(34,35)38-5-10-13(28)15(30)19(40-10)26-3-1-2-9(4-26)21(32)33;/h1-4,7-8,10-11,13-16,19-20,28-31H,5-6H2,(H4-,22,23,24,32,33,34,35,36,37);/p+1. The number of fused-ring (bicyclic) bond motifs is 1. The molecule has 10 atom stereocenters. The zero-order valence-electron chi connectivity index (χ0n) is 23.1. The first-order valence-corrected chi connectivity index (χ1v) is 15.5. The Balaban J connectivity index is 0.00000461. The molecule has 2 saturated heterocycles. The molecule has 3 aromatic heterocycles. The molecule has 5 rings (SSSR count). The number of imidazole rings is 1. The van der Waals surface area contributed by atoms with E-state index in [-0.39, 0.29) is 52.1 Å². The van der Waals surface area contributed by atoms with Gasteiger partial charge in [-0.05, 0) is 6.07 Å². The Morgan fingerprint density at radius 1 is 0.978 bits per heavy atom. The van der Waals surface area contributed by atoms with Gasteiger partial charge >= 0.3 is 21.6 Å². The fraction of sp³-hybridized carbons (Fsp3) is 0.476. The van der Waals surface area contributed by atoms with E-state index >= 15 is 0 Å². The van der Waals surface area contributed by atoms with Crippen molar-refractivity contribution in [3.8, 4) is 0 Å². The fourth-order valence-electron chi connectivity index (χ4n) is 4.56. The van der Waals surface area contributed by atoms with Crippen molar-refractivity contribution >= 4 is 68.2 Å². The number of hydrogen-bond acceptors (Lipinski definition) is 16. The summed E-state index contributed by atoms with van der Waals surface area (Å²) < 4.78 is 51.8. The van der Waals surface area contributed by atoms with Gasteiger partial charge in [-0.2, -0.15) is 8.88 Å². The number of carbonyl (C=O) groups is 1. The largest absolute Gasteiger partial charge is 0.481 e. The Morgan fingerprint density at radius 2 is 1.60 bits per heavy atom. The van der Waals surface area contributed by atoms with Gasteiger partial charge in [-0.25, -0.2) is 28.9 Å². The maximum absolute atomic E-state index is 12.4. The number of nitrogen functional groups attached to an aromatic ring is 1. The van der Waals surface area contributed by atoms with Crippen LogP contribution in [0.2, 0.25) is 0 Å². The van der Waals surface area contributed by atoms with Gasteiger partial charge in [0, 0.05) is 35.6 Å². The quantitative estimate of drug-likeness (QED) is 0.0573. The molecule has 45 heavy (non-hydrogen) atoms. The number of nitrogens with zero attached hydrogens (tertiary/aromatic N) is 5. The zero-order valence-corrected chi connectivity index (χ0v) is 26.9. The van der Waals surface area contributed by atoms with Crippen molar-refractivity contribution in [2.45, 2.75) is 49.1 Å². The number of aromatic nitrogens is 5. The summed E-state index contributed by atoms with van der Waals surface area (Å²) in [6.45, 7) is -1.83. The Labute approximate surface area is 274 Å². The minimum absolute atomic E-state index is 0. The van der Waals surface area contributed by atoms with E-state index < -0.39 is 83.9 Å². The topological polar surface area (TPSA) is 312 Å². The second-order valence-corrected chi connectivity index (χ2v) is 12.7. The molecule has 0 bridgehead atoms. The van der Waals surface area contributed by atoms with Crippen LogP contribution in [0.15, 0.2) is 37.2 Å². The molecule has 9 N–H and O–H groups in total. The molecule has 0 spiro atoms. The third kappa shape index (κ3) is 7.77. The number of carboxylic acid groups (broad SMARTS) is 1. The predicted octanol–water partition coefficient (Wildman–Crippen LogP) is -2.80. The number of rotatable bonds is 11. The summed E-state index contributed by atoms with van der Waals surface area (Å²) in [6, 6.07) is 2.63. The molecule has 1 radical (unpaired) electrons. The van der Waals surface area contributed by atoms with Crippen molar-refractivity contribution in [1.29, 1.82) is 0 Å². The first kappa shape index (κ1) is 35.8. The number of pyridine rings is 1. The van der Waals surface area contributed by atoms with E-state index in [4.69, 9.17) is 24.8 Å². The van der Waals surface area contributed by atoms with Crippen molar-refractivity contribution < 1.29 is 76.6 Å². The predicted molar refractivity (Wildman–Crippen MR) is 144 cm³/mol. The Morgan fingerprint density at radius 3 is 2.24 bits per heavy atom. The third-order valence-electron chi connectivity index (χ3n) is 6.71. The maximum Gasteiger partial charge on any atom is 0.481 e. The molecule has 10 unspecified atom stereocenters. The summed E-state index contributed by atoms with van der Waals surface area (Å²) in [7, 11) is -10.8. The molecule has 0 aromatic carbocycles. The first-order valence-electron chi connectivity index (χ1n) is 12.5. The van der Waals surface area contributed by atoms with E-state index in [2.05, 4.69) is 23.8 Å². The monoisotopic (exact) mass is 688 g/mol. The van der Waals surface area contributed by atoms with Crippen molar-refractivity contribution in [3.63, 3.8) is 0 Å². The van der Waals surface area contributed by atoms with Crippen molar-refractivity contribution in [2.75, 3.05) is 18.9 Å². The maximum atomic E-state index is 12.4. The van der Waals surface area contributed by atoms with Crippen LogP contribution in [-0.4, -0.2) is 140 Å². The van der Waals surface area contributed by atoms with Crippen LogP contribution >= 0.6 is 15.6 Å². The average molecular weight is 688 g/mol. The number of aliphatic hydroxyl groups is 4. The number of nitrogens with two attached hydrogens (primary N) is 1. The minimum Gasteiger partial charge on any atom is -0.477 e. The summed E-state index contributed by atoms with van der Waals surface area (Å²) >= 11 is 0. The van der Waals surface area contributed by atoms with Crippen molar-refractivity contribution in [1.82, 2.24) is 19.5 Å². The molecule has 5 heterocycles. The van der Waals surface area contributed by atoms with Gasteiger partial charge in [0.05, 0.1) is 19.5 Å². The molecule has 2 aliphatic rings. The minimum atomic E-state index is -5.38. The second kappa shape index (κ2) is 14.0. The van der Waals surface area contributed by atoms with E-state index in [1.807, 2.05) is 0 Å². The van der Waals surface area contributed by atoms with Gasteiger partial charge in [0.15, 0.2) is 36.2 Å². The molecule has 21 nitrogen and oxygen atoms in total. The van der Waals surface area contributed by atoms with Crippen LogP contribution in [0.25, 0.3) is 11.2 Å². The van der Waals surface area contributed by atoms with E-state index in [9.17, 15) is 44.1 Å². The molecule has 0 aliphatic carbocycles. The number of carboxylic acids is 1. The van der Waals surface area contributed by atoms with E-state index in [1.165, 1.54) is 29.2 Å². The summed E-state index contributed by atoms with van der Waals surface area (Å²) in [5.41, 5.74) is 5.94. The number of anilines is 1. The normalized spacial score (nSPS) is 30.9. The molecule has 241 valence electrons. The number of aliphatic hydroxyl groups excluding tert-OH is 4. The Bertz CT molecular complexity index is 1630.